The summed E-state index contributed by atoms with van der Waals surface area (Å²) < 4.78 is 0. The molecule has 0 spiro atoms. The molecule has 2 aromatic heterocycles. The van der Waals surface area contributed by atoms with Crippen LogP contribution in [0, 0.1) is 13.8 Å². The van der Waals surface area contributed by atoms with Gasteiger partial charge in [0.25, 0.3) is 0 Å². The van der Waals surface area contributed by atoms with E-state index in [1.54, 1.807) is 0 Å². The number of carbonyl (C=O) groups excluding carboxylic acids is 2. The molecule has 0 radical (unpaired) electrons. The Bertz CT molecular complexity index is 2170. The molecule has 6 nitrogen and oxygen atoms in total. The first-order valence-corrected chi connectivity index (χ1v) is 14.9. The predicted octanol–water partition coefficient (Wildman–Crippen LogP) is 9.04. The Balaban J connectivity index is 0.000000149. The van der Waals surface area contributed by atoms with Gasteiger partial charge in [-0.05, 0) is 49.2 Å². The molecule has 0 saturated heterocycles. The van der Waals surface area contributed by atoms with Crippen molar-refractivity contribution in [1.82, 2.24) is 19.9 Å². The number of Topliss-reactive ketones (excluding diaryl/α,β-unsaturated/α-hetero) is 2. The van der Waals surface area contributed by atoms with Crippen LogP contribution in [0.5, 0.6) is 0 Å². The molecule has 0 aliphatic heterocycles. The number of carbonyl (C=O) groups is 2. The largest absolute Gasteiger partial charge is 3.00 e. The van der Waals surface area contributed by atoms with Crippen molar-refractivity contribution in [2.24, 2.45) is 0 Å². The average molecular weight is 781 g/mol. The Morgan fingerprint density at radius 2 is 0.717 bits per heavy atom. The number of ketones is 2. The van der Waals surface area contributed by atoms with Gasteiger partial charge >= 0.3 is 20.1 Å². The molecule has 0 atom stereocenters. The molecule has 0 amide bonds. The van der Waals surface area contributed by atoms with Gasteiger partial charge in [-0.15, -0.1) is 0 Å². The number of fused-ring (bicyclic) bond motifs is 12. The van der Waals surface area contributed by atoms with Crippen LogP contribution in [0.1, 0.15) is 31.7 Å². The monoisotopic (exact) mass is 781 g/mol. The fourth-order valence-electron chi connectivity index (χ4n) is 5.77. The van der Waals surface area contributed by atoms with Crippen LogP contribution in [0.15, 0.2) is 109 Å². The zero-order valence-electron chi connectivity index (χ0n) is 26.0. The summed E-state index contributed by atoms with van der Waals surface area (Å²) in [5.74, 6) is -0.125. The van der Waals surface area contributed by atoms with Gasteiger partial charge in [0, 0.05) is 33.9 Å². The van der Waals surface area contributed by atoms with E-state index in [1.165, 1.54) is 56.9 Å². The summed E-state index contributed by atoms with van der Waals surface area (Å²) in [5, 5.41) is 9.65. The maximum absolute atomic E-state index is 10.0. The van der Waals surface area contributed by atoms with Crippen molar-refractivity contribution in [1.29, 1.82) is 0 Å². The van der Waals surface area contributed by atoms with Crippen LogP contribution in [0.4, 0.5) is 0 Å². The van der Waals surface area contributed by atoms with Gasteiger partial charge in [-0.25, -0.2) is 9.97 Å². The van der Waals surface area contributed by atoms with E-state index in [4.69, 9.17) is 9.97 Å². The molecule has 6 aromatic carbocycles. The first kappa shape index (κ1) is 32.4. The van der Waals surface area contributed by atoms with Gasteiger partial charge in [-0.1, -0.05) is 97.1 Å². The van der Waals surface area contributed by atoms with E-state index in [2.05, 4.69) is 107 Å². The molecular weight excluding hydrogens is 749 g/mol. The summed E-state index contributed by atoms with van der Waals surface area (Å²) in [6.45, 7) is 6.77. The summed E-state index contributed by atoms with van der Waals surface area (Å²) in [4.78, 5) is 38.6. The summed E-state index contributed by atoms with van der Waals surface area (Å²) in [6.07, 6.45) is 3.76. The molecule has 0 N–H and O–H groups in total. The SMILES string of the molecule is CC(=O)CC(C)=O.Cc1cnc2c3ccccc3c3ccccc3c2n1.Cc1cnc2c3ccccc3c3ccccc3c2n1.[Ir+3]. The average Bonchev–Trinajstić information content (AvgIpc) is 3.05. The number of aromatic nitrogens is 4. The van der Waals surface area contributed by atoms with Crippen LogP contribution in [-0.2, 0) is 29.7 Å². The second-order valence-corrected chi connectivity index (χ2v) is 11.2. The van der Waals surface area contributed by atoms with Gasteiger partial charge in [0.05, 0.1) is 39.9 Å². The van der Waals surface area contributed by atoms with E-state index in [0.717, 1.165) is 33.5 Å². The molecule has 0 aliphatic carbocycles. The van der Waals surface area contributed by atoms with Crippen molar-refractivity contribution in [3.8, 4) is 0 Å². The minimum Gasteiger partial charge on any atom is -0.300 e. The van der Waals surface area contributed by atoms with Crippen LogP contribution in [-0.4, -0.2) is 31.5 Å². The Hall–Kier alpha value is -4.97. The van der Waals surface area contributed by atoms with Crippen molar-refractivity contribution >= 4 is 76.7 Å². The summed E-state index contributed by atoms with van der Waals surface area (Å²) in [6, 6.07) is 33.6. The predicted molar refractivity (Wildman–Crippen MR) is 185 cm³/mol. The number of rotatable bonds is 2. The molecule has 0 aliphatic rings. The molecule has 0 bridgehead atoms. The second-order valence-electron chi connectivity index (χ2n) is 11.2. The van der Waals surface area contributed by atoms with E-state index in [9.17, 15) is 9.59 Å². The Morgan fingerprint density at radius 3 is 0.978 bits per heavy atom. The van der Waals surface area contributed by atoms with Crippen LogP contribution < -0.4 is 0 Å². The van der Waals surface area contributed by atoms with Gasteiger partial charge in [0.2, 0.25) is 0 Å². The molecule has 226 valence electrons. The molecule has 8 rings (SSSR count). The van der Waals surface area contributed by atoms with Gasteiger partial charge in [0.15, 0.2) is 0 Å². The maximum Gasteiger partial charge on any atom is 3.00 e. The summed E-state index contributed by atoms with van der Waals surface area (Å²) >= 11 is 0. The van der Waals surface area contributed by atoms with Crippen LogP contribution >= 0.6 is 0 Å². The Labute approximate surface area is 280 Å². The van der Waals surface area contributed by atoms with Gasteiger partial charge < -0.3 is 0 Å². The first-order chi connectivity index (χ1) is 21.8. The van der Waals surface area contributed by atoms with Crippen molar-refractivity contribution < 1.29 is 29.7 Å². The van der Waals surface area contributed by atoms with Crippen LogP contribution in [0.3, 0.4) is 0 Å². The fraction of sp³-hybridized carbons (Fsp3) is 0.128. The van der Waals surface area contributed by atoms with Gasteiger partial charge in [-0.3, -0.25) is 19.6 Å². The Morgan fingerprint density at radius 1 is 0.457 bits per heavy atom. The summed E-state index contributed by atoms with van der Waals surface area (Å²) in [7, 11) is 0. The van der Waals surface area contributed by atoms with Crippen LogP contribution in [0.2, 0.25) is 0 Å². The third-order valence-electron chi connectivity index (χ3n) is 7.59. The molecule has 8 aromatic rings. The molecule has 0 fully saturated rings. The number of benzene rings is 6. The number of aryl methyl sites for hydroxylation is 2. The standard InChI is InChI=1S/2C17H12N2.C5H8O2.Ir/c2*1-11-10-18-16-14-8-4-2-6-12(14)13-7-3-5-9-15(13)17(16)19-11;1-4(6)3-5(2)7;/h2*2-10H,1H3;3H2,1-2H3;/q;;;+3. The van der Waals surface area contributed by atoms with E-state index < -0.39 is 0 Å². The fourth-order valence-corrected chi connectivity index (χ4v) is 5.77. The van der Waals surface area contributed by atoms with E-state index in [1.807, 2.05) is 26.2 Å². The van der Waals surface area contributed by atoms with Crippen molar-refractivity contribution in [3.05, 3.63) is 121 Å². The molecular formula is C39H32IrN4O2+3. The molecule has 7 heteroatoms. The van der Waals surface area contributed by atoms with Gasteiger partial charge in [-0.2, -0.15) is 0 Å². The van der Waals surface area contributed by atoms with Crippen molar-refractivity contribution in [2.45, 2.75) is 34.1 Å². The smallest absolute Gasteiger partial charge is 0.300 e. The van der Waals surface area contributed by atoms with E-state index in [0.29, 0.717) is 0 Å². The zero-order chi connectivity index (χ0) is 31.5. The molecule has 46 heavy (non-hydrogen) atoms. The first-order valence-electron chi connectivity index (χ1n) is 14.9. The maximum atomic E-state index is 10.0. The molecule has 0 unspecified atom stereocenters. The van der Waals surface area contributed by atoms with Gasteiger partial charge in [0.1, 0.15) is 11.6 Å². The van der Waals surface area contributed by atoms with E-state index in [-0.39, 0.29) is 38.1 Å². The summed E-state index contributed by atoms with van der Waals surface area (Å²) in [5.41, 5.74) is 5.87. The molecule has 2 heterocycles. The third kappa shape index (κ3) is 6.52. The minimum absolute atomic E-state index is 0. The van der Waals surface area contributed by atoms with E-state index >= 15 is 0 Å². The Kier molecular flexibility index (Phi) is 9.86. The normalized spacial score (nSPS) is 10.7. The number of hydrogen-bond acceptors (Lipinski definition) is 6. The quantitative estimate of drug-likeness (QED) is 0.129. The number of hydrogen-bond donors (Lipinski definition) is 0. The zero-order valence-corrected chi connectivity index (χ0v) is 28.4. The topological polar surface area (TPSA) is 85.7 Å². The van der Waals surface area contributed by atoms with Crippen molar-refractivity contribution in [3.63, 3.8) is 0 Å². The van der Waals surface area contributed by atoms with Crippen LogP contribution in [0.25, 0.3) is 65.2 Å². The third-order valence-corrected chi connectivity index (χ3v) is 7.59. The van der Waals surface area contributed by atoms with Crippen molar-refractivity contribution in [2.75, 3.05) is 0 Å². The molecule has 0 saturated carbocycles. The minimum atomic E-state index is -0.0625. The number of nitrogens with zero attached hydrogens (tertiary/aromatic N) is 4. The second kappa shape index (κ2) is 14.0.